The van der Waals surface area contributed by atoms with Gasteiger partial charge in [0.15, 0.2) is 0 Å². The van der Waals surface area contributed by atoms with E-state index in [4.69, 9.17) is 4.74 Å². The Morgan fingerprint density at radius 3 is 3.00 bits per heavy atom. The van der Waals surface area contributed by atoms with E-state index >= 15 is 0 Å². The molecule has 136 valence electrons. The van der Waals surface area contributed by atoms with Gasteiger partial charge in [0.1, 0.15) is 11.5 Å². The maximum absolute atomic E-state index is 12.8. The Labute approximate surface area is 152 Å². The largest absolute Gasteiger partial charge is 0.371 e. The van der Waals surface area contributed by atoms with Gasteiger partial charge in [-0.3, -0.25) is 9.78 Å². The highest BCUT2D eigenvalue weighted by atomic mass is 16.5. The van der Waals surface area contributed by atoms with Gasteiger partial charge in [-0.25, -0.2) is 9.97 Å². The molecule has 4 rings (SSSR count). The van der Waals surface area contributed by atoms with Gasteiger partial charge in [-0.05, 0) is 31.9 Å². The molecule has 2 fully saturated rings. The van der Waals surface area contributed by atoms with E-state index in [0.29, 0.717) is 18.8 Å². The smallest absolute Gasteiger partial charge is 0.274 e. The van der Waals surface area contributed by atoms with Crippen LogP contribution in [0.15, 0.2) is 36.8 Å². The summed E-state index contributed by atoms with van der Waals surface area (Å²) in [5.74, 6) is 0.790. The first-order chi connectivity index (χ1) is 12.6. The number of rotatable bonds is 3. The monoisotopic (exact) mass is 353 g/mol. The number of ether oxygens (including phenoxy) is 1. The molecule has 2 aliphatic rings. The summed E-state index contributed by atoms with van der Waals surface area (Å²) < 4.78 is 6.18. The Kier molecular flexibility index (Phi) is 4.55. The molecule has 1 amide bonds. The van der Waals surface area contributed by atoms with Crippen molar-refractivity contribution in [2.75, 3.05) is 25.0 Å². The van der Waals surface area contributed by atoms with Crippen LogP contribution in [0, 0.1) is 6.92 Å². The molecule has 0 radical (unpaired) electrons. The van der Waals surface area contributed by atoms with E-state index < -0.39 is 0 Å². The fraction of sp³-hybridized carbons (Fsp3) is 0.474. The third-order valence-corrected chi connectivity index (χ3v) is 5.05. The van der Waals surface area contributed by atoms with Gasteiger partial charge < -0.3 is 15.0 Å². The lowest BCUT2D eigenvalue weighted by atomic mass is 9.88. The van der Waals surface area contributed by atoms with Gasteiger partial charge >= 0.3 is 0 Å². The summed E-state index contributed by atoms with van der Waals surface area (Å²) in [5, 5.41) is 3.43. The van der Waals surface area contributed by atoms with E-state index in [0.717, 1.165) is 37.3 Å². The highest BCUT2D eigenvalue weighted by Crippen LogP contribution is 2.36. The number of hydrogen-bond donors (Lipinski definition) is 1. The number of anilines is 1. The van der Waals surface area contributed by atoms with Crippen molar-refractivity contribution in [1.82, 2.24) is 19.9 Å². The third-order valence-electron chi connectivity index (χ3n) is 5.05. The zero-order valence-electron chi connectivity index (χ0n) is 14.9. The molecule has 7 nitrogen and oxygen atoms in total. The standard InChI is InChI=1S/C19H23N5O2/c1-14-10-22-16(11-21-14)18(25)24-8-4-6-19(13-24)9-15(12-26-19)23-17-5-2-3-7-20-17/h2-3,5,7,10-11,15H,4,6,8-9,12-13H2,1H3,(H,20,23). The summed E-state index contributed by atoms with van der Waals surface area (Å²) in [6, 6.07) is 6.03. The van der Waals surface area contributed by atoms with E-state index in [1.165, 1.54) is 0 Å². The summed E-state index contributed by atoms with van der Waals surface area (Å²) in [6.07, 6.45) is 7.73. The van der Waals surface area contributed by atoms with Crippen molar-refractivity contribution in [1.29, 1.82) is 0 Å². The van der Waals surface area contributed by atoms with Gasteiger partial charge in [0.2, 0.25) is 0 Å². The average Bonchev–Trinajstić information content (AvgIpc) is 3.04. The van der Waals surface area contributed by atoms with Crippen molar-refractivity contribution in [2.24, 2.45) is 0 Å². The molecule has 4 heterocycles. The van der Waals surface area contributed by atoms with Crippen LogP contribution >= 0.6 is 0 Å². The van der Waals surface area contributed by atoms with Crippen molar-refractivity contribution in [3.63, 3.8) is 0 Å². The molecule has 2 aromatic heterocycles. The maximum atomic E-state index is 12.8. The Morgan fingerprint density at radius 1 is 1.31 bits per heavy atom. The number of carbonyl (C=O) groups is 1. The first kappa shape index (κ1) is 16.9. The molecule has 0 saturated carbocycles. The zero-order valence-corrected chi connectivity index (χ0v) is 14.9. The van der Waals surface area contributed by atoms with Gasteiger partial charge in [-0.15, -0.1) is 0 Å². The molecule has 1 N–H and O–H groups in total. The summed E-state index contributed by atoms with van der Waals surface area (Å²) in [4.78, 5) is 27.3. The lowest BCUT2D eigenvalue weighted by molar-refractivity contribution is -0.0448. The molecule has 2 unspecified atom stereocenters. The van der Waals surface area contributed by atoms with Gasteiger partial charge in [0.25, 0.3) is 5.91 Å². The van der Waals surface area contributed by atoms with Gasteiger partial charge in [0, 0.05) is 25.4 Å². The van der Waals surface area contributed by atoms with Crippen molar-refractivity contribution in [3.8, 4) is 0 Å². The fourth-order valence-corrected chi connectivity index (χ4v) is 3.82. The Bertz CT molecular complexity index is 767. The van der Waals surface area contributed by atoms with Crippen LogP contribution in [-0.2, 0) is 4.74 Å². The Morgan fingerprint density at radius 2 is 2.23 bits per heavy atom. The number of carbonyl (C=O) groups excluding carboxylic acids is 1. The second kappa shape index (κ2) is 6.99. The van der Waals surface area contributed by atoms with Crippen molar-refractivity contribution < 1.29 is 9.53 Å². The molecule has 0 bridgehead atoms. The molecule has 7 heteroatoms. The summed E-state index contributed by atoms with van der Waals surface area (Å²) in [6.45, 7) is 3.82. The quantitative estimate of drug-likeness (QED) is 0.910. The first-order valence-electron chi connectivity index (χ1n) is 9.03. The number of nitrogens with zero attached hydrogens (tertiary/aromatic N) is 4. The summed E-state index contributed by atoms with van der Waals surface area (Å²) >= 11 is 0. The highest BCUT2D eigenvalue weighted by molar-refractivity contribution is 5.92. The highest BCUT2D eigenvalue weighted by Gasteiger charge is 2.44. The normalized spacial score (nSPS) is 25.4. The summed E-state index contributed by atoms with van der Waals surface area (Å²) in [5.41, 5.74) is 0.923. The predicted molar refractivity (Wildman–Crippen MR) is 96.9 cm³/mol. The zero-order chi connectivity index (χ0) is 18.0. The van der Waals surface area contributed by atoms with Crippen molar-refractivity contribution in [3.05, 3.63) is 48.2 Å². The van der Waals surface area contributed by atoms with E-state index in [9.17, 15) is 4.79 Å². The number of likely N-dealkylation sites (tertiary alicyclic amines) is 1. The molecular formula is C19H23N5O2. The van der Waals surface area contributed by atoms with Crippen LogP contribution in [0.4, 0.5) is 5.82 Å². The fourth-order valence-electron chi connectivity index (χ4n) is 3.82. The van der Waals surface area contributed by atoms with Crippen LogP contribution in [0.25, 0.3) is 0 Å². The van der Waals surface area contributed by atoms with Crippen LogP contribution in [0.1, 0.15) is 35.4 Å². The number of pyridine rings is 1. The Balaban J connectivity index is 1.41. The SMILES string of the molecule is Cc1cnc(C(=O)N2CCCC3(CC(Nc4ccccn4)CO3)C2)cn1. The topological polar surface area (TPSA) is 80.2 Å². The molecule has 2 aliphatic heterocycles. The second-order valence-electron chi connectivity index (χ2n) is 7.13. The van der Waals surface area contributed by atoms with Crippen LogP contribution in [-0.4, -0.2) is 57.1 Å². The minimum absolute atomic E-state index is 0.0682. The van der Waals surface area contributed by atoms with Crippen LogP contribution in [0.2, 0.25) is 0 Å². The molecule has 2 atom stereocenters. The first-order valence-corrected chi connectivity index (χ1v) is 9.03. The number of hydrogen-bond acceptors (Lipinski definition) is 6. The molecule has 2 aromatic rings. The number of aromatic nitrogens is 3. The van der Waals surface area contributed by atoms with Crippen LogP contribution in [0.3, 0.4) is 0 Å². The predicted octanol–water partition coefficient (Wildman–Crippen LogP) is 2.06. The van der Waals surface area contributed by atoms with E-state index in [2.05, 4.69) is 20.3 Å². The third kappa shape index (κ3) is 3.53. The Hall–Kier alpha value is -2.54. The molecule has 1 spiro atoms. The van der Waals surface area contributed by atoms with Gasteiger partial charge in [-0.2, -0.15) is 0 Å². The number of aryl methyl sites for hydroxylation is 1. The van der Waals surface area contributed by atoms with Crippen molar-refractivity contribution >= 4 is 11.7 Å². The minimum Gasteiger partial charge on any atom is -0.371 e. The van der Waals surface area contributed by atoms with Crippen molar-refractivity contribution in [2.45, 2.75) is 37.8 Å². The molecular weight excluding hydrogens is 330 g/mol. The lowest BCUT2D eigenvalue weighted by Gasteiger charge is -2.39. The van der Waals surface area contributed by atoms with Crippen LogP contribution < -0.4 is 5.32 Å². The number of amides is 1. The average molecular weight is 353 g/mol. The van der Waals surface area contributed by atoms with E-state index in [-0.39, 0.29) is 17.6 Å². The summed E-state index contributed by atoms with van der Waals surface area (Å²) in [7, 11) is 0. The van der Waals surface area contributed by atoms with Gasteiger partial charge in [0.05, 0.1) is 36.7 Å². The molecule has 26 heavy (non-hydrogen) atoms. The van der Waals surface area contributed by atoms with E-state index in [1.807, 2.05) is 30.0 Å². The number of piperidine rings is 1. The number of nitrogens with one attached hydrogen (secondary N) is 1. The van der Waals surface area contributed by atoms with E-state index in [1.54, 1.807) is 18.6 Å². The molecule has 0 aliphatic carbocycles. The minimum atomic E-state index is -0.279. The molecule has 2 saturated heterocycles. The van der Waals surface area contributed by atoms with Crippen LogP contribution in [0.5, 0.6) is 0 Å². The second-order valence-corrected chi connectivity index (χ2v) is 7.13. The van der Waals surface area contributed by atoms with Gasteiger partial charge in [-0.1, -0.05) is 6.07 Å². The molecule has 0 aromatic carbocycles. The lowest BCUT2D eigenvalue weighted by Crippen LogP contribution is -2.50. The maximum Gasteiger partial charge on any atom is 0.274 e.